The van der Waals surface area contributed by atoms with Crippen LogP contribution in [0.1, 0.15) is 18.4 Å². The van der Waals surface area contributed by atoms with Crippen LogP contribution in [0.15, 0.2) is 47.6 Å². The van der Waals surface area contributed by atoms with E-state index in [0.29, 0.717) is 0 Å². The number of benzene rings is 2. The van der Waals surface area contributed by atoms with E-state index in [1.807, 2.05) is 0 Å². The molecule has 0 saturated carbocycles. The minimum absolute atomic E-state index is 0.914. The Hall–Kier alpha value is -1.35. The van der Waals surface area contributed by atoms with Crippen molar-refractivity contribution in [3.63, 3.8) is 0 Å². The third-order valence-corrected chi connectivity index (χ3v) is 3.39. The minimum Gasteiger partial charge on any atom is -0.399 e. The normalized spacial score (nSPS) is 11.8. The molecule has 0 N–H and O–H groups in total. The van der Waals surface area contributed by atoms with Crippen LogP contribution in [0.4, 0.5) is 0 Å². The largest absolute Gasteiger partial charge is 0.399 e. The molecule has 2 nitrogen and oxygen atoms in total. The van der Waals surface area contributed by atoms with E-state index in [1.165, 1.54) is 10.8 Å². The molecule has 0 aliphatic carbocycles. The number of oxime groups is 1. The highest BCUT2D eigenvalue weighted by atomic mass is 79.9. The summed E-state index contributed by atoms with van der Waals surface area (Å²) in [6.45, 7) is 0. The molecule has 0 saturated heterocycles. The molecule has 0 atom stereocenters. The Morgan fingerprint density at radius 1 is 1.17 bits per heavy atom. The van der Waals surface area contributed by atoms with Gasteiger partial charge >= 0.3 is 0 Å². The van der Waals surface area contributed by atoms with E-state index in [4.69, 9.17) is 4.84 Å². The lowest BCUT2D eigenvalue weighted by atomic mass is 10.0. The molecule has 0 aliphatic rings. The standard InChI is InChI=1S/C15H16BrNO/c1-18-17-15(7-4-10-16)14-9-8-12-5-2-3-6-13(12)11-14/h2-3,5-6,8-9,11H,4,7,10H2,1H3. The zero-order chi connectivity index (χ0) is 12.8. The number of hydrogen-bond acceptors (Lipinski definition) is 2. The molecule has 0 bridgehead atoms. The number of rotatable bonds is 5. The Morgan fingerprint density at radius 2 is 1.94 bits per heavy atom. The Kier molecular flexibility index (Phi) is 4.76. The SMILES string of the molecule is CON=C(CCCBr)c1ccc2ccccc2c1. The van der Waals surface area contributed by atoms with Crippen LogP contribution in [-0.4, -0.2) is 18.2 Å². The van der Waals surface area contributed by atoms with E-state index in [1.54, 1.807) is 7.11 Å². The maximum atomic E-state index is 4.94. The van der Waals surface area contributed by atoms with E-state index >= 15 is 0 Å². The lowest BCUT2D eigenvalue weighted by molar-refractivity contribution is 0.213. The molecular formula is C15H16BrNO. The summed E-state index contributed by atoms with van der Waals surface area (Å²) in [5, 5.41) is 7.59. The summed E-state index contributed by atoms with van der Waals surface area (Å²) in [5.74, 6) is 0. The van der Waals surface area contributed by atoms with Crippen LogP contribution in [0.2, 0.25) is 0 Å². The quantitative estimate of drug-likeness (QED) is 0.457. The van der Waals surface area contributed by atoms with Crippen molar-refractivity contribution < 1.29 is 4.84 Å². The van der Waals surface area contributed by atoms with E-state index in [9.17, 15) is 0 Å². The van der Waals surface area contributed by atoms with Gasteiger partial charge in [0.2, 0.25) is 0 Å². The van der Waals surface area contributed by atoms with Crippen molar-refractivity contribution in [3.8, 4) is 0 Å². The number of halogens is 1. The smallest absolute Gasteiger partial charge is 0.106 e. The second-order valence-electron chi connectivity index (χ2n) is 4.08. The predicted octanol–water partition coefficient (Wildman–Crippen LogP) is 4.37. The molecule has 2 rings (SSSR count). The van der Waals surface area contributed by atoms with Crippen molar-refractivity contribution in [2.45, 2.75) is 12.8 Å². The van der Waals surface area contributed by atoms with Crippen LogP contribution in [-0.2, 0) is 4.84 Å². The van der Waals surface area contributed by atoms with Crippen molar-refractivity contribution in [3.05, 3.63) is 48.0 Å². The molecule has 0 aliphatic heterocycles. The van der Waals surface area contributed by atoms with Crippen LogP contribution in [0.25, 0.3) is 10.8 Å². The van der Waals surface area contributed by atoms with Gasteiger partial charge in [0.05, 0.1) is 5.71 Å². The lowest BCUT2D eigenvalue weighted by Crippen LogP contribution is -2.02. The van der Waals surface area contributed by atoms with E-state index in [0.717, 1.165) is 29.4 Å². The van der Waals surface area contributed by atoms with Gasteiger partial charge in [0.25, 0.3) is 0 Å². The molecule has 2 aromatic carbocycles. The summed E-state index contributed by atoms with van der Waals surface area (Å²) in [4.78, 5) is 4.94. The maximum absolute atomic E-state index is 4.94. The first-order chi connectivity index (χ1) is 8.85. The molecule has 0 aromatic heterocycles. The molecule has 0 radical (unpaired) electrons. The van der Waals surface area contributed by atoms with Crippen LogP contribution >= 0.6 is 15.9 Å². The van der Waals surface area contributed by atoms with Crippen molar-refractivity contribution >= 4 is 32.4 Å². The van der Waals surface area contributed by atoms with Crippen LogP contribution < -0.4 is 0 Å². The first kappa shape index (κ1) is 13.1. The van der Waals surface area contributed by atoms with Gasteiger partial charge in [0.15, 0.2) is 0 Å². The first-order valence-corrected chi connectivity index (χ1v) is 7.12. The number of nitrogens with zero attached hydrogens (tertiary/aromatic N) is 1. The molecule has 18 heavy (non-hydrogen) atoms. The molecular weight excluding hydrogens is 290 g/mol. The van der Waals surface area contributed by atoms with Gasteiger partial charge in [0.1, 0.15) is 7.11 Å². The highest BCUT2D eigenvalue weighted by Gasteiger charge is 2.05. The average molecular weight is 306 g/mol. The van der Waals surface area contributed by atoms with E-state index in [-0.39, 0.29) is 0 Å². The maximum Gasteiger partial charge on any atom is 0.106 e. The van der Waals surface area contributed by atoms with Gasteiger partial charge in [-0.15, -0.1) is 0 Å². The Labute approximate surface area is 116 Å². The summed E-state index contributed by atoms with van der Waals surface area (Å²) >= 11 is 3.45. The Bertz CT molecular complexity index is 551. The lowest BCUT2D eigenvalue weighted by Gasteiger charge is -2.06. The fraction of sp³-hybridized carbons (Fsp3) is 0.267. The second-order valence-corrected chi connectivity index (χ2v) is 4.87. The van der Waals surface area contributed by atoms with Crippen LogP contribution in [0, 0.1) is 0 Å². The summed E-state index contributed by atoms with van der Waals surface area (Å²) in [6, 6.07) is 14.7. The molecule has 3 heteroatoms. The van der Waals surface area contributed by atoms with Gasteiger partial charge in [0, 0.05) is 5.33 Å². The predicted molar refractivity (Wildman–Crippen MR) is 80.5 cm³/mol. The summed E-state index contributed by atoms with van der Waals surface area (Å²) in [5.41, 5.74) is 2.14. The third kappa shape index (κ3) is 3.10. The molecule has 2 aromatic rings. The third-order valence-electron chi connectivity index (χ3n) is 2.83. The number of fused-ring (bicyclic) bond motifs is 1. The van der Waals surface area contributed by atoms with Gasteiger partial charge in [-0.05, 0) is 35.2 Å². The summed E-state index contributed by atoms with van der Waals surface area (Å²) in [7, 11) is 1.59. The monoisotopic (exact) mass is 305 g/mol. The zero-order valence-electron chi connectivity index (χ0n) is 10.4. The van der Waals surface area contributed by atoms with E-state index < -0.39 is 0 Å². The van der Waals surface area contributed by atoms with Gasteiger partial charge in [-0.1, -0.05) is 57.5 Å². The van der Waals surface area contributed by atoms with Crippen molar-refractivity contribution in [2.75, 3.05) is 12.4 Å². The Balaban J connectivity index is 2.35. The zero-order valence-corrected chi connectivity index (χ0v) is 12.0. The molecule has 0 unspecified atom stereocenters. The number of hydrogen-bond donors (Lipinski definition) is 0. The Morgan fingerprint density at radius 3 is 2.67 bits per heavy atom. The minimum atomic E-state index is 0.914. The average Bonchev–Trinajstić information content (AvgIpc) is 2.43. The topological polar surface area (TPSA) is 21.6 Å². The van der Waals surface area contributed by atoms with Crippen LogP contribution in [0.3, 0.4) is 0 Å². The summed E-state index contributed by atoms with van der Waals surface area (Å²) in [6.07, 6.45) is 1.96. The fourth-order valence-corrected chi connectivity index (χ4v) is 2.24. The van der Waals surface area contributed by atoms with Crippen LogP contribution in [0.5, 0.6) is 0 Å². The molecule has 0 amide bonds. The van der Waals surface area contributed by atoms with Gasteiger partial charge in [-0.3, -0.25) is 0 Å². The second kappa shape index (κ2) is 6.55. The highest BCUT2D eigenvalue weighted by molar-refractivity contribution is 9.09. The van der Waals surface area contributed by atoms with E-state index in [2.05, 4.69) is 63.6 Å². The fourth-order valence-electron chi connectivity index (χ4n) is 1.96. The first-order valence-electron chi connectivity index (χ1n) is 6.00. The van der Waals surface area contributed by atoms with Crippen molar-refractivity contribution in [2.24, 2.45) is 5.16 Å². The van der Waals surface area contributed by atoms with Crippen molar-refractivity contribution in [1.82, 2.24) is 0 Å². The number of alkyl halides is 1. The molecule has 94 valence electrons. The van der Waals surface area contributed by atoms with Crippen molar-refractivity contribution in [1.29, 1.82) is 0 Å². The molecule has 0 fully saturated rings. The highest BCUT2D eigenvalue weighted by Crippen LogP contribution is 2.18. The van der Waals surface area contributed by atoms with Gasteiger partial charge in [-0.25, -0.2) is 0 Å². The van der Waals surface area contributed by atoms with Gasteiger partial charge in [-0.2, -0.15) is 0 Å². The summed E-state index contributed by atoms with van der Waals surface area (Å²) < 4.78 is 0. The molecule has 0 spiro atoms. The van der Waals surface area contributed by atoms with Gasteiger partial charge < -0.3 is 4.84 Å². The molecule has 0 heterocycles.